The molecule has 2 aromatic carbocycles. The molecule has 0 aromatic heterocycles. The van der Waals surface area contributed by atoms with Crippen molar-refractivity contribution >= 4 is 0 Å². The molecular formula is C21H25NO3. The molecule has 0 spiro atoms. The lowest BCUT2D eigenvalue weighted by molar-refractivity contribution is 0.348. The summed E-state index contributed by atoms with van der Waals surface area (Å²) in [5, 5.41) is 3.73. The zero-order valence-electron chi connectivity index (χ0n) is 15.3. The predicted molar refractivity (Wildman–Crippen MR) is 98.1 cm³/mol. The van der Waals surface area contributed by atoms with Gasteiger partial charge in [0.1, 0.15) is 5.75 Å². The molecule has 132 valence electrons. The Labute approximate surface area is 149 Å². The Morgan fingerprint density at radius 2 is 1.48 bits per heavy atom. The number of nitrogens with one attached hydrogen (secondary N) is 1. The van der Waals surface area contributed by atoms with Gasteiger partial charge in [0.25, 0.3) is 0 Å². The number of benzene rings is 2. The van der Waals surface area contributed by atoms with Crippen molar-refractivity contribution in [3.05, 3.63) is 52.1 Å². The minimum Gasteiger partial charge on any atom is -0.496 e. The van der Waals surface area contributed by atoms with Crippen LogP contribution in [0.4, 0.5) is 0 Å². The molecule has 4 nitrogen and oxygen atoms in total. The van der Waals surface area contributed by atoms with E-state index < -0.39 is 0 Å². The van der Waals surface area contributed by atoms with Crippen LogP contribution >= 0.6 is 0 Å². The summed E-state index contributed by atoms with van der Waals surface area (Å²) in [6.07, 6.45) is 2.20. The predicted octanol–water partition coefficient (Wildman–Crippen LogP) is 3.57. The molecular weight excluding hydrogens is 314 g/mol. The first-order chi connectivity index (χ1) is 12.2. The Hall–Kier alpha value is -2.20. The maximum Gasteiger partial charge on any atom is 0.161 e. The minimum absolute atomic E-state index is 0.344. The minimum atomic E-state index is 0.344. The molecule has 1 heterocycles. The Morgan fingerprint density at radius 3 is 2.20 bits per heavy atom. The van der Waals surface area contributed by atoms with Crippen LogP contribution < -0.4 is 19.5 Å². The van der Waals surface area contributed by atoms with Gasteiger partial charge in [0.05, 0.1) is 21.3 Å². The first-order valence-electron chi connectivity index (χ1n) is 8.81. The summed E-state index contributed by atoms with van der Waals surface area (Å²) < 4.78 is 16.6. The fourth-order valence-corrected chi connectivity index (χ4v) is 4.40. The van der Waals surface area contributed by atoms with E-state index in [9.17, 15) is 0 Å². The van der Waals surface area contributed by atoms with Crippen molar-refractivity contribution in [3.8, 4) is 17.2 Å². The van der Waals surface area contributed by atoms with Gasteiger partial charge < -0.3 is 19.5 Å². The molecule has 2 atom stereocenters. The van der Waals surface area contributed by atoms with Crippen molar-refractivity contribution in [3.63, 3.8) is 0 Å². The lowest BCUT2D eigenvalue weighted by Gasteiger charge is -2.40. The number of hydrogen-bond donors (Lipinski definition) is 1. The van der Waals surface area contributed by atoms with Crippen LogP contribution in [0.25, 0.3) is 0 Å². The van der Waals surface area contributed by atoms with Crippen molar-refractivity contribution in [2.75, 3.05) is 21.3 Å². The lowest BCUT2D eigenvalue weighted by Crippen LogP contribution is -2.42. The highest BCUT2D eigenvalue weighted by molar-refractivity contribution is 5.56. The van der Waals surface area contributed by atoms with Crippen LogP contribution in [0.15, 0.2) is 24.3 Å². The smallest absolute Gasteiger partial charge is 0.161 e. The molecule has 0 bridgehead atoms. The van der Waals surface area contributed by atoms with Gasteiger partial charge in [0, 0.05) is 18.5 Å². The van der Waals surface area contributed by atoms with Crippen molar-refractivity contribution in [1.29, 1.82) is 0 Å². The number of fused-ring (bicyclic) bond motifs is 5. The van der Waals surface area contributed by atoms with E-state index in [4.69, 9.17) is 14.2 Å². The monoisotopic (exact) mass is 339 g/mol. The summed E-state index contributed by atoms with van der Waals surface area (Å²) in [7, 11) is 5.14. The van der Waals surface area contributed by atoms with Crippen LogP contribution in [0.1, 0.15) is 40.2 Å². The number of methoxy groups -OCH3 is 3. The van der Waals surface area contributed by atoms with Crippen LogP contribution in [0.2, 0.25) is 0 Å². The molecule has 0 saturated carbocycles. The zero-order chi connectivity index (χ0) is 17.6. The van der Waals surface area contributed by atoms with E-state index in [1.165, 1.54) is 27.8 Å². The van der Waals surface area contributed by atoms with E-state index in [0.29, 0.717) is 12.0 Å². The molecule has 1 aliphatic carbocycles. The van der Waals surface area contributed by atoms with E-state index in [-0.39, 0.29) is 0 Å². The fourth-order valence-electron chi connectivity index (χ4n) is 4.40. The maximum absolute atomic E-state index is 5.56. The van der Waals surface area contributed by atoms with Crippen LogP contribution in [0.3, 0.4) is 0 Å². The quantitative estimate of drug-likeness (QED) is 0.928. The standard InChI is InChI=1S/C21H25NO3/c1-12-7-15-14(9-18(12)23-2)11-22-17-6-5-13-8-19(24-3)20(25-4)10-16(13)21(15)17/h7-10,17,21-22H,5-6,11H2,1-4H3/t17-,21-/m0/s1. The number of rotatable bonds is 3. The molecule has 1 N–H and O–H groups in total. The first-order valence-corrected chi connectivity index (χ1v) is 8.81. The topological polar surface area (TPSA) is 39.7 Å². The van der Waals surface area contributed by atoms with Crippen LogP contribution in [0, 0.1) is 6.92 Å². The molecule has 0 radical (unpaired) electrons. The van der Waals surface area contributed by atoms with Crippen LogP contribution in [-0.4, -0.2) is 27.4 Å². The van der Waals surface area contributed by atoms with Gasteiger partial charge in [-0.3, -0.25) is 0 Å². The highest BCUT2D eigenvalue weighted by atomic mass is 16.5. The van der Waals surface area contributed by atoms with Gasteiger partial charge in [-0.2, -0.15) is 0 Å². The third-order valence-electron chi connectivity index (χ3n) is 5.65. The molecule has 4 heteroatoms. The van der Waals surface area contributed by atoms with Gasteiger partial charge in [-0.1, -0.05) is 6.07 Å². The summed E-state index contributed by atoms with van der Waals surface area (Å²) >= 11 is 0. The van der Waals surface area contributed by atoms with Crippen molar-refractivity contribution in [1.82, 2.24) is 5.32 Å². The fraction of sp³-hybridized carbons (Fsp3) is 0.429. The molecule has 0 amide bonds. The molecule has 2 aliphatic rings. The Kier molecular flexibility index (Phi) is 4.08. The Balaban J connectivity index is 1.88. The zero-order valence-corrected chi connectivity index (χ0v) is 15.3. The van der Waals surface area contributed by atoms with Crippen molar-refractivity contribution in [2.45, 2.75) is 38.3 Å². The second-order valence-corrected chi connectivity index (χ2v) is 6.93. The van der Waals surface area contributed by atoms with Gasteiger partial charge in [-0.15, -0.1) is 0 Å². The van der Waals surface area contributed by atoms with Gasteiger partial charge in [0.15, 0.2) is 11.5 Å². The molecule has 2 aromatic rings. The highest BCUT2D eigenvalue weighted by Crippen LogP contribution is 2.45. The first kappa shape index (κ1) is 16.3. The van der Waals surface area contributed by atoms with Gasteiger partial charge in [0.2, 0.25) is 0 Å². The summed E-state index contributed by atoms with van der Waals surface area (Å²) in [6.45, 7) is 3.02. The van der Waals surface area contributed by atoms with Gasteiger partial charge in [-0.25, -0.2) is 0 Å². The third-order valence-corrected chi connectivity index (χ3v) is 5.65. The normalized spacial score (nSPS) is 21.0. The second kappa shape index (κ2) is 6.26. The second-order valence-electron chi connectivity index (χ2n) is 6.93. The molecule has 0 fully saturated rings. The average molecular weight is 339 g/mol. The average Bonchev–Trinajstić information content (AvgIpc) is 2.65. The van der Waals surface area contributed by atoms with Gasteiger partial charge in [-0.05, 0) is 65.8 Å². The number of hydrogen-bond acceptors (Lipinski definition) is 4. The molecule has 25 heavy (non-hydrogen) atoms. The van der Waals surface area contributed by atoms with E-state index in [2.05, 4.69) is 36.5 Å². The molecule has 0 saturated heterocycles. The Morgan fingerprint density at radius 1 is 0.840 bits per heavy atom. The van der Waals surface area contributed by atoms with Crippen LogP contribution in [0.5, 0.6) is 17.2 Å². The van der Waals surface area contributed by atoms with Crippen molar-refractivity contribution < 1.29 is 14.2 Å². The Bertz CT molecular complexity index is 815. The maximum atomic E-state index is 5.56. The summed E-state index contributed by atoms with van der Waals surface area (Å²) in [4.78, 5) is 0. The number of aryl methyl sites for hydroxylation is 2. The van der Waals surface area contributed by atoms with E-state index in [1.54, 1.807) is 21.3 Å². The largest absolute Gasteiger partial charge is 0.496 e. The molecule has 4 rings (SSSR count). The van der Waals surface area contributed by atoms with E-state index in [0.717, 1.165) is 36.6 Å². The summed E-state index contributed by atoms with van der Waals surface area (Å²) in [5.74, 6) is 2.92. The lowest BCUT2D eigenvalue weighted by atomic mass is 9.72. The van der Waals surface area contributed by atoms with E-state index >= 15 is 0 Å². The highest BCUT2D eigenvalue weighted by Gasteiger charge is 2.36. The SMILES string of the molecule is COc1cc2c(cc1C)[C@H]1c3cc(OC)c(OC)cc3CC[C@@H]1NC2. The van der Waals surface area contributed by atoms with Crippen LogP contribution in [-0.2, 0) is 13.0 Å². The van der Waals surface area contributed by atoms with Crippen molar-refractivity contribution in [2.24, 2.45) is 0 Å². The van der Waals surface area contributed by atoms with Gasteiger partial charge >= 0.3 is 0 Å². The molecule has 0 unspecified atom stereocenters. The summed E-state index contributed by atoms with van der Waals surface area (Å²) in [6, 6.07) is 9.27. The van der Waals surface area contributed by atoms with E-state index in [1.807, 2.05) is 0 Å². The molecule has 1 aliphatic heterocycles. The number of ether oxygens (including phenoxy) is 3. The third kappa shape index (κ3) is 2.56. The summed E-state index contributed by atoms with van der Waals surface area (Å²) in [5.41, 5.74) is 6.64.